The molecule has 1 fully saturated rings. The second kappa shape index (κ2) is 8.45. The summed E-state index contributed by atoms with van der Waals surface area (Å²) in [5, 5.41) is 13.2. The van der Waals surface area contributed by atoms with Crippen molar-refractivity contribution in [3.8, 4) is 5.75 Å². The third kappa shape index (κ3) is 4.80. The molecule has 0 bridgehead atoms. The highest BCUT2D eigenvalue weighted by Gasteiger charge is 2.46. The van der Waals surface area contributed by atoms with Crippen LogP contribution in [0.2, 0.25) is 5.02 Å². The first kappa shape index (κ1) is 21.6. The summed E-state index contributed by atoms with van der Waals surface area (Å²) in [7, 11) is 0. The van der Waals surface area contributed by atoms with Crippen molar-refractivity contribution in [2.75, 3.05) is 26.2 Å². The minimum Gasteiger partial charge on any atom is -0.507 e. The van der Waals surface area contributed by atoms with Crippen LogP contribution in [0.5, 0.6) is 5.75 Å². The molecule has 2 rings (SSSR count). The van der Waals surface area contributed by atoms with E-state index in [9.17, 15) is 18.3 Å². The zero-order valence-corrected chi connectivity index (χ0v) is 14.2. The lowest BCUT2D eigenvalue weighted by molar-refractivity contribution is -0.188. The van der Waals surface area contributed by atoms with Crippen LogP contribution in [0, 0.1) is 6.92 Å². The number of halogens is 6. The molecule has 0 radical (unpaired) electrons. The maximum absolute atomic E-state index is 13.4. The number of nitrogens with zero attached hydrogens (tertiary/aromatic N) is 1. The fourth-order valence-electron chi connectivity index (χ4n) is 2.49. The van der Waals surface area contributed by atoms with Crippen LogP contribution in [-0.2, 0) is 0 Å². The summed E-state index contributed by atoms with van der Waals surface area (Å²) in [6, 6.07) is 0.817. The molecular weight excluding hydrogens is 364 g/mol. The first-order valence-corrected chi connectivity index (χ1v) is 6.69. The average Bonchev–Trinajstić information content (AvgIpc) is 2.35. The van der Waals surface area contributed by atoms with Crippen molar-refractivity contribution in [1.82, 2.24) is 10.2 Å². The van der Waals surface area contributed by atoms with E-state index in [-0.39, 0.29) is 54.2 Å². The van der Waals surface area contributed by atoms with Gasteiger partial charge in [0.15, 0.2) is 0 Å². The van der Waals surface area contributed by atoms with Crippen LogP contribution >= 0.6 is 36.4 Å². The molecule has 0 spiro atoms. The molecule has 0 aromatic heterocycles. The molecule has 0 unspecified atom stereocenters. The zero-order valence-electron chi connectivity index (χ0n) is 11.8. The van der Waals surface area contributed by atoms with Gasteiger partial charge in [-0.15, -0.1) is 24.8 Å². The van der Waals surface area contributed by atoms with E-state index in [1.54, 1.807) is 0 Å². The van der Waals surface area contributed by atoms with Crippen LogP contribution in [-0.4, -0.2) is 42.4 Å². The van der Waals surface area contributed by atoms with Gasteiger partial charge in [0.25, 0.3) is 0 Å². The van der Waals surface area contributed by atoms with Crippen molar-refractivity contribution < 1.29 is 18.3 Å². The van der Waals surface area contributed by atoms with Crippen LogP contribution in [0.25, 0.3) is 0 Å². The van der Waals surface area contributed by atoms with Gasteiger partial charge in [-0.05, 0) is 24.6 Å². The lowest BCUT2D eigenvalue weighted by Gasteiger charge is -2.36. The number of hydrogen-bond acceptors (Lipinski definition) is 3. The summed E-state index contributed by atoms with van der Waals surface area (Å²) in [6.45, 7) is 3.07. The standard InChI is InChI=1S/C13H16ClF3N2O.2ClH/c1-8-6-9(14)7-10(11(8)20)12(13(15,16)17)19-4-2-18-3-5-19;;/h6-7,12,18,20H,2-5H2,1H3;2*1H/t12-;;/m0../s1. The molecule has 1 aromatic carbocycles. The van der Waals surface area contributed by atoms with Crippen LogP contribution in [0.1, 0.15) is 17.2 Å². The van der Waals surface area contributed by atoms with Crippen molar-refractivity contribution in [2.24, 2.45) is 0 Å². The van der Waals surface area contributed by atoms with E-state index in [2.05, 4.69) is 5.32 Å². The van der Waals surface area contributed by atoms with Gasteiger partial charge >= 0.3 is 6.18 Å². The van der Waals surface area contributed by atoms with E-state index in [1.165, 1.54) is 24.0 Å². The van der Waals surface area contributed by atoms with E-state index >= 15 is 0 Å². The largest absolute Gasteiger partial charge is 0.507 e. The van der Waals surface area contributed by atoms with Crippen molar-refractivity contribution in [3.63, 3.8) is 0 Å². The maximum Gasteiger partial charge on any atom is 0.408 e. The molecule has 0 amide bonds. The van der Waals surface area contributed by atoms with Gasteiger partial charge in [-0.3, -0.25) is 4.90 Å². The number of benzene rings is 1. The highest BCUT2D eigenvalue weighted by molar-refractivity contribution is 6.30. The summed E-state index contributed by atoms with van der Waals surface area (Å²) in [5.41, 5.74) is 0.168. The Morgan fingerprint density at radius 1 is 1.23 bits per heavy atom. The van der Waals surface area contributed by atoms with Crippen molar-refractivity contribution >= 4 is 36.4 Å². The Balaban J connectivity index is 0.00000220. The Morgan fingerprint density at radius 3 is 2.27 bits per heavy atom. The minimum absolute atomic E-state index is 0. The number of rotatable bonds is 2. The first-order chi connectivity index (χ1) is 9.30. The van der Waals surface area contributed by atoms with Gasteiger partial charge in [-0.2, -0.15) is 13.2 Å². The molecular formula is C13H18Cl3F3N2O. The molecule has 9 heteroatoms. The van der Waals surface area contributed by atoms with Gasteiger partial charge in [0, 0.05) is 36.8 Å². The number of phenolic OH excluding ortho intramolecular Hbond substituents is 1. The Bertz CT molecular complexity index is 494. The molecule has 0 saturated carbocycles. The number of hydrogen-bond donors (Lipinski definition) is 2. The van der Waals surface area contributed by atoms with Gasteiger partial charge in [0.2, 0.25) is 0 Å². The van der Waals surface area contributed by atoms with E-state index in [1.807, 2.05) is 0 Å². The van der Waals surface area contributed by atoms with Crippen molar-refractivity contribution in [1.29, 1.82) is 0 Å². The molecule has 128 valence electrons. The van der Waals surface area contributed by atoms with Gasteiger partial charge in [-0.1, -0.05) is 11.6 Å². The smallest absolute Gasteiger partial charge is 0.408 e. The van der Waals surface area contributed by atoms with Crippen LogP contribution in [0.4, 0.5) is 13.2 Å². The number of aromatic hydroxyl groups is 1. The van der Waals surface area contributed by atoms with Crippen molar-refractivity contribution in [2.45, 2.75) is 19.1 Å². The fraction of sp³-hybridized carbons (Fsp3) is 0.538. The van der Waals surface area contributed by atoms with E-state index in [0.29, 0.717) is 18.7 Å². The Kier molecular flexibility index (Phi) is 8.30. The molecule has 1 saturated heterocycles. The highest BCUT2D eigenvalue weighted by Crippen LogP contribution is 2.43. The first-order valence-electron chi connectivity index (χ1n) is 6.31. The van der Waals surface area contributed by atoms with Crippen LogP contribution in [0.3, 0.4) is 0 Å². The Hall–Kier alpha value is -0.400. The summed E-state index contributed by atoms with van der Waals surface area (Å²) in [6.07, 6.45) is -4.47. The lowest BCUT2D eigenvalue weighted by Crippen LogP contribution is -2.49. The monoisotopic (exact) mass is 380 g/mol. The second-order valence-electron chi connectivity index (χ2n) is 4.89. The van der Waals surface area contributed by atoms with E-state index in [0.717, 1.165) is 0 Å². The predicted molar refractivity (Wildman–Crippen MR) is 85.6 cm³/mol. The van der Waals surface area contributed by atoms with E-state index < -0.39 is 12.2 Å². The average molecular weight is 382 g/mol. The fourth-order valence-corrected chi connectivity index (χ4v) is 2.77. The molecule has 0 aliphatic carbocycles. The number of aryl methyl sites for hydroxylation is 1. The van der Waals surface area contributed by atoms with Crippen LogP contribution in [0.15, 0.2) is 12.1 Å². The van der Waals surface area contributed by atoms with Gasteiger partial charge in [0.05, 0.1) is 0 Å². The summed E-state index contributed by atoms with van der Waals surface area (Å²) >= 11 is 5.85. The molecule has 1 aliphatic rings. The molecule has 1 aromatic rings. The summed E-state index contributed by atoms with van der Waals surface area (Å²) < 4.78 is 40.3. The number of piperazine rings is 1. The maximum atomic E-state index is 13.4. The van der Waals surface area contributed by atoms with Crippen LogP contribution < -0.4 is 5.32 Å². The molecule has 3 nitrogen and oxygen atoms in total. The van der Waals surface area contributed by atoms with E-state index in [4.69, 9.17) is 11.6 Å². The lowest BCUT2D eigenvalue weighted by atomic mass is 10.00. The van der Waals surface area contributed by atoms with Crippen molar-refractivity contribution in [3.05, 3.63) is 28.3 Å². The Morgan fingerprint density at radius 2 is 1.77 bits per heavy atom. The molecule has 22 heavy (non-hydrogen) atoms. The Labute approximate surface area is 144 Å². The molecule has 1 aliphatic heterocycles. The quantitative estimate of drug-likeness (QED) is 0.820. The molecule has 2 N–H and O–H groups in total. The zero-order chi connectivity index (χ0) is 14.9. The second-order valence-corrected chi connectivity index (χ2v) is 5.33. The normalized spacial score (nSPS) is 17.3. The topological polar surface area (TPSA) is 35.5 Å². The number of nitrogens with one attached hydrogen (secondary N) is 1. The van der Waals surface area contributed by atoms with Gasteiger partial charge < -0.3 is 10.4 Å². The van der Waals surface area contributed by atoms with Gasteiger partial charge in [-0.25, -0.2) is 0 Å². The van der Waals surface area contributed by atoms with Gasteiger partial charge in [0.1, 0.15) is 11.8 Å². The summed E-state index contributed by atoms with van der Waals surface area (Å²) in [5.74, 6) is -0.338. The molecule has 1 heterocycles. The SMILES string of the molecule is Cc1cc(Cl)cc([C@H](N2CCNCC2)C(F)(F)F)c1O.Cl.Cl. The highest BCUT2D eigenvalue weighted by atomic mass is 35.5. The third-order valence-corrected chi connectivity index (χ3v) is 3.63. The minimum atomic E-state index is -4.47. The third-order valence-electron chi connectivity index (χ3n) is 3.42. The number of alkyl halides is 3. The molecule has 1 atom stereocenters. The summed E-state index contributed by atoms with van der Waals surface area (Å²) in [4.78, 5) is 1.32. The number of phenols is 1. The predicted octanol–water partition coefficient (Wildman–Crippen LogP) is 3.71.